The maximum atomic E-state index is 10.6. The molecule has 0 unspecified atom stereocenters. The maximum Gasteiger partial charge on any atom is 0.303 e. The molecule has 0 aliphatic rings. The highest BCUT2D eigenvalue weighted by Gasteiger charge is 2.06. The van der Waals surface area contributed by atoms with Crippen LogP contribution in [0.25, 0.3) is 11.3 Å². The third-order valence-electron chi connectivity index (χ3n) is 3.74. The van der Waals surface area contributed by atoms with Crippen molar-refractivity contribution in [2.45, 2.75) is 25.9 Å². The third-order valence-corrected chi connectivity index (χ3v) is 3.74. The second-order valence-corrected chi connectivity index (χ2v) is 5.56. The number of hydrogen-bond acceptors (Lipinski definition) is 5. The highest BCUT2D eigenvalue weighted by Crippen LogP contribution is 2.17. The molecule has 2 aromatic heterocycles. The van der Waals surface area contributed by atoms with Gasteiger partial charge in [-0.3, -0.25) is 14.2 Å². The predicted octanol–water partition coefficient (Wildman–Crippen LogP) is 1.73. The zero-order valence-electron chi connectivity index (χ0n) is 13.4. The van der Waals surface area contributed by atoms with E-state index in [0.29, 0.717) is 25.1 Å². The summed E-state index contributed by atoms with van der Waals surface area (Å²) in [5.74, 6) is -0.800. The van der Waals surface area contributed by atoms with Crippen molar-refractivity contribution in [2.75, 3.05) is 0 Å². The molecule has 3 rings (SSSR count). The van der Waals surface area contributed by atoms with E-state index >= 15 is 0 Å². The summed E-state index contributed by atoms with van der Waals surface area (Å²) in [7, 11) is 0. The maximum absolute atomic E-state index is 10.6. The number of nitriles is 1. The second kappa shape index (κ2) is 7.40. The number of carbonyl (C=O) groups is 1. The summed E-state index contributed by atoms with van der Waals surface area (Å²) in [5, 5.41) is 29.9. The van der Waals surface area contributed by atoms with Crippen LogP contribution in [0.3, 0.4) is 0 Å². The lowest BCUT2D eigenvalue weighted by molar-refractivity contribution is -0.136. The Morgan fingerprint density at radius 2 is 1.92 bits per heavy atom. The Labute approximate surface area is 143 Å². The van der Waals surface area contributed by atoms with E-state index in [4.69, 9.17) is 10.4 Å². The minimum Gasteiger partial charge on any atom is -0.481 e. The average molecular weight is 336 g/mol. The molecule has 8 nitrogen and oxygen atoms in total. The second-order valence-electron chi connectivity index (χ2n) is 5.56. The van der Waals surface area contributed by atoms with Crippen LogP contribution in [0, 0.1) is 11.3 Å². The smallest absolute Gasteiger partial charge is 0.303 e. The van der Waals surface area contributed by atoms with Crippen LogP contribution in [0.2, 0.25) is 0 Å². The molecule has 0 bridgehead atoms. The quantitative estimate of drug-likeness (QED) is 0.703. The monoisotopic (exact) mass is 336 g/mol. The standard InChI is InChI=1S/C17H16N6O2/c18-9-14-10-19-22(11-14)7-8-23-12-16(20-21-23)15-4-1-13(2-5-15)3-6-17(24)25/h1-2,4-5,10-12H,3,6-8H2,(H,24,25). The van der Waals surface area contributed by atoms with Crippen molar-refractivity contribution in [2.24, 2.45) is 0 Å². The molecule has 0 spiro atoms. The van der Waals surface area contributed by atoms with Crippen LogP contribution in [-0.2, 0) is 24.3 Å². The minimum absolute atomic E-state index is 0.122. The SMILES string of the molecule is N#Cc1cnn(CCn2cc(-c3ccc(CCC(=O)O)cc3)nn2)c1. The number of nitrogens with zero attached hydrogens (tertiary/aromatic N) is 6. The molecule has 8 heteroatoms. The number of carboxylic acid groups (broad SMARTS) is 1. The molecule has 0 atom stereocenters. The Balaban J connectivity index is 1.60. The number of aromatic nitrogens is 5. The highest BCUT2D eigenvalue weighted by molar-refractivity contribution is 5.67. The summed E-state index contributed by atoms with van der Waals surface area (Å²) in [6, 6.07) is 9.68. The van der Waals surface area contributed by atoms with Gasteiger partial charge in [0, 0.05) is 18.2 Å². The molecule has 0 saturated carbocycles. The van der Waals surface area contributed by atoms with Crippen LogP contribution in [0.4, 0.5) is 0 Å². The zero-order chi connectivity index (χ0) is 17.6. The van der Waals surface area contributed by atoms with Gasteiger partial charge in [-0.15, -0.1) is 5.10 Å². The Hall–Kier alpha value is -3.47. The lowest BCUT2D eigenvalue weighted by Gasteiger charge is -2.01. The first-order valence-corrected chi connectivity index (χ1v) is 7.78. The topological polar surface area (TPSA) is 110 Å². The molecule has 3 aromatic rings. The fraction of sp³-hybridized carbons (Fsp3) is 0.235. The van der Waals surface area contributed by atoms with Crippen molar-refractivity contribution < 1.29 is 9.90 Å². The van der Waals surface area contributed by atoms with Crippen LogP contribution in [0.15, 0.2) is 42.9 Å². The number of hydrogen-bond donors (Lipinski definition) is 1. The van der Waals surface area contributed by atoms with Crippen molar-refractivity contribution in [1.82, 2.24) is 24.8 Å². The number of rotatable bonds is 7. The Morgan fingerprint density at radius 3 is 2.60 bits per heavy atom. The predicted molar refractivity (Wildman–Crippen MR) is 88.4 cm³/mol. The van der Waals surface area contributed by atoms with Crippen LogP contribution in [0.5, 0.6) is 0 Å². The van der Waals surface area contributed by atoms with Crippen molar-refractivity contribution in [1.29, 1.82) is 5.26 Å². The highest BCUT2D eigenvalue weighted by atomic mass is 16.4. The Morgan fingerprint density at radius 1 is 1.16 bits per heavy atom. The van der Waals surface area contributed by atoms with Gasteiger partial charge >= 0.3 is 5.97 Å². The van der Waals surface area contributed by atoms with Crippen molar-refractivity contribution in [3.8, 4) is 17.3 Å². The van der Waals surface area contributed by atoms with Crippen LogP contribution < -0.4 is 0 Å². The Bertz CT molecular complexity index is 904. The van der Waals surface area contributed by atoms with E-state index in [1.165, 1.54) is 6.20 Å². The van der Waals surface area contributed by atoms with Gasteiger partial charge in [0.05, 0.1) is 31.0 Å². The van der Waals surface area contributed by atoms with Gasteiger partial charge in [-0.25, -0.2) is 0 Å². The fourth-order valence-electron chi connectivity index (χ4n) is 2.38. The van der Waals surface area contributed by atoms with E-state index in [9.17, 15) is 4.79 Å². The lowest BCUT2D eigenvalue weighted by Crippen LogP contribution is -2.08. The van der Waals surface area contributed by atoms with Crippen LogP contribution >= 0.6 is 0 Å². The van der Waals surface area contributed by atoms with E-state index < -0.39 is 5.97 Å². The van der Waals surface area contributed by atoms with E-state index in [1.54, 1.807) is 15.6 Å². The average Bonchev–Trinajstić information content (AvgIpc) is 3.27. The van der Waals surface area contributed by atoms with Gasteiger partial charge in [0.15, 0.2) is 0 Å². The molecule has 0 aliphatic carbocycles. The third kappa shape index (κ3) is 4.29. The van der Waals surface area contributed by atoms with E-state index in [2.05, 4.69) is 15.4 Å². The molecule has 0 saturated heterocycles. The van der Waals surface area contributed by atoms with Crippen molar-refractivity contribution in [3.63, 3.8) is 0 Å². The molecule has 1 aromatic carbocycles. The number of aliphatic carboxylic acids is 1. The zero-order valence-corrected chi connectivity index (χ0v) is 13.4. The lowest BCUT2D eigenvalue weighted by atomic mass is 10.1. The van der Waals surface area contributed by atoms with Crippen LogP contribution in [0.1, 0.15) is 17.5 Å². The molecule has 25 heavy (non-hydrogen) atoms. The van der Waals surface area contributed by atoms with Crippen molar-refractivity contribution >= 4 is 5.97 Å². The minimum atomic E-state index is -0.800. The number of carboxylic acids is 1. The first kappa shape index (κ1) is 16.4. The summed E-state index contributed by atoms with van der Waals surface area (Å²) >= 11 is 0. The molecular weight excluding hydrogens is 320 g/mol. The molecule has 0 fully saturated rings. The van der Waals surface area contributed by atoms with Gasteiger partial charge in [-0.2, -0.15) is 10.4 Å². The molecular formula is C17H16N6O2. The van der Waals surface area contributed by atoms with Gasteiger partial charge < -0.3 is 5.11 Å². The molecule has 1 N–H and O–H groups in total. The summed E-state index contributed by atoms with van der Waals surface area (Å²) < 4.78 is 3.42. The van der Waals surface area contributed by atoms with Gasteiger partial charge in [-0.1, -0.05) is 29.5 Å². The molecule has 126 valence electrons. The molecule has 0 aliphatic heterocycles. The summed E-state index contributed by atoms with van der Waals surface area (Å²) in [5.41, 5.74) is 3.19. The van der Waals surface area contributed by atoms with E-state index in [1.807, 2.05) is 36.5 Å². The fourth-order valence-corrected chi connectivity index (χ4v) is 2.38. The Kier molecular flexibility index (Phi) is 4.85. The van der Waals surface area contributed by atoms with E-state index in [-0.39, 0.29) is 6.42 Å². The summed E-state index contributed by atoms with van der Waals surface area (Å²) in [6.07, 6.45) is 5.70. The van der Waals surface area contributed by atoms with Gasteiger partial charge in [0.25, 0.3) is 0 Å². The number of aryl methyl sites for hydroxylation is 3. The summed E-state index contributed by atoms with van der Waals surface area (Å²) in [4.78, 5) is 10.6. The molecule has 0 amide bonds. The number of benzene rings is 1. The largest absolute Gasteiger partial charge is 0.481 e. The van der Waals surface area contributed by atoms with Crippen LogP contribution in [-0.4, -0.2) is 35.9 Å². The molecule has 0 radical (unpaired) electrons. The van der Waals surface area contributed by atoms with Gasteiger partial charge in [0.1, 0.15) is 11.8 Å². The normalized spacial score (nSPS) is 10.5. The first-order chi connectivity index (χ1) is 12.1. The summed E-state index contributed by atoms with van der Waals surface area (Å²) in [6.45, 7) is 1.19. The van der Waals surface area contributed by atoms with Gasteiger partial charge in [0.2, 0.25) is 0 Å². The van der Waals surface area contributed by atoms with Crippen molar-refractivity contribution in [3.05, 3.63) is 54.0 Å². The van der Waals surface area contributed by atoms with Gasteiger partial charge in [-0.05, 0) is 12.0 Å². The molecule has 2 heterocycles. The first-order valence-electron chi connectivity index (χ1n) is 7.78. The van der Waals surface area contributed by atoms with E-state index in [0.717, 1.165) is 16.8 Å².